The topological polar surface area (TPSA) is 140 Å². The predicted molar refractivity (Wildman–Crippen MR) is 132 cm³/mol. The van der Waals surface area contributed by atoms with Gasteiger partial charge in [-0.15, -0.1) is 0 Å². The SMILES string of the molecule is COc1cccc(OCC(=O)O)c1-c1cc(C(=O)NC(CC(=O)O)CC(C)C)nn1-c1ccc(F)cc1. The summed E-state index contributed by atoms with van der Waals surface area (Å²) in [6.45, 7) is 3.22. The van der Waals surface area contributed by atoms with Crippen molar-refractivity contribution < 1.29 is 38.5 Å². The van der Waals surface area contributed by atoms with E-state index in [0.29, 0.717) is 29.1 Å². The van der Waals surface area contributed by atoms with E-state index in [-0.39, 0.29) is 23.8 Å². The highest BCUT2D eigenvalue weighted by atomic mass is 19.1. The molecule has 3 aromatic rings. The van der Waals surface area contributed by atoms with E-state index in [9.17, 15) is 23.9 Å². The zero-order valence-corrected chi connectivity index (χ0v) is 20.6. The van der Waals surface area contributed by atoms with Gasteiger partial charge in [-0.3, -0.25) is 9.59 Å². The highest BCUT2D eigenvalue weighted by Crippen LogP contribution is 2.39. The third-order valence-corrected chi connectivity index (χ3v) is 5.34. The molecule has 0 saturated heterocycles. The fourth-order valence-electron chi connectivity index (χ4n) is 3.88. The van der Waals surface area contributed by atoms with Gasteiger partial charge in [-0.25, -0.2) is 13.9 Å². The van der Waals surface area contributed by atoms with Crippen LogP contribution in [0.3, 0.4) is 0 Å². The van der Waals surface area contributed by atoms with Crippen LogP contribution in [0.25, 0.3) is 16.9 Å². The Morgan fingerprint density at radius 3 is 2.32 bits per heavy atom. The van der Waals surface area contributed by atoms with Gasteiger partial charge >= 0.3 is 11.9 Å². The number of nitrogens with one attached hydrogen (secondary N) is 1. The second kappa shape index (κ2) is 12.0. The lowest BCUT2D eigenvalue weighted by atomic mass is 10.0. The van der Waals surface area contributed by atoms with Gasteiger partial charge in [0.25, 0.3) is 5.91 Å². The molecule has 0 aliphatic rings. The molecule has 0 radical (unpaired) electrons. The van der Waals surface area contributed by atoms with Crippen LogP contribution in [-0.4, -0.2) is 57.6 Å². The van der Waals surface area contributed by atoms with Gasteiger partial charge in [0.15, 0.2) is 12.3 Å². The highest BCUT2D eigenvalue weighted by Gasteiger charge is 2.25. The van der Waals surface area contributed by atoms with Crippen molar-refractivity contribution in [2.45, 2.75) is 32.7 Å². The number of rotatable bonds is 12. The molecule has 11 heteroatoms. The summed E-state index contributed by atoms with van der Waals surface area (Å²) in [7, 11) is 1.43. The number of carbonyl (C=O) groups is 3. The fraction of sp³-hybridized carbons (Fsp3) is 0.308. The first-order valence-corrected chi connectivity index (χ1v) is 11.5. The average Bonchev–Trinajstić information content (AvgIpc) is 3.27. The van der Waals surface area contributed by atoms with Gasteiger partial charge < -0.3 is 25.0 Å². The van der Waals surface area contributed by atoms with Crippen molar-refractivity contribution in [3.8, 4) is 28.4 Å². The number of amides is 1. The molecule has 10 nitrogen and oxygen atoms in total. The number of benzene rings is 2. The summed E-state index contributed by atoms with van der Waals surface area (Å²) in [5, 5.41) is 25.5. The van der Waals surface area contributed by atoms with Crippen LogP contribution >= 0.6 is 0 Å². The zero-order valence-electron chi connectivity index (χ0n) is 20.6. The molecule has 1 amide bonds. The van der Waals surface area contributed by atoms with Gasteiger partial charge in [-0.2, -0.15) is 5.10 Å². The Morgan fingerprint density at radius 1 is 1.05 bits per heavy atom. The third kappa shape index (κ3) is 7.06. The molecular formula is C26H28FN3O7. The van der Waals surface area contributed by atoms with Crippen molar-refractivity contribution in [2.24, 2.45) is 5.92 Å². The summed E-state index contributed by atoms with van der Waals surface area (Å²) in [6, 6.07) is 11.0. The number of nitrogens with zero attached hydrogens (tertiary/aromatic N) is 2. The number of aliphatic carboxylic acids is 2. The van der Waals surface area contributed by atoms with Crippen LogP contribution in [0.1, 0.15) is 37.2 Å². The van der Waals surface area contributed by atoms with Crippen LogP contribution in [0, 0.1) is 11.7 Å². The maximum atomic E-state index is 13.6. The quantitative estimate of drug-likeness (QED) is 0.333. The van der Waals surface area contributed by atoms with Crippen LogP contribution in [0.4, 0.5) is 4.39 Å². The lowest BCUT2D eigenvalue weighted by Gasteiger charge is -2.18. The molecule has 0 aliphatic carbocycles. The number of carboxylic acids is 2. The first-order chi connectivity index (χ1) is 17.6. The number of ether oxygens (including phenoxy) is 2. The molecule has 0 fully saturated rings. The molecular weight excluding hydrogens is 485 g/mol. The Hall–Kier alpha value is -4.41. The monoisotopic (exact) mass is 513 g/mol. The number of carboxylic acid groups (broad SMARTS) is 2. The van der Waals surface area contributed by atoms with Crippen molar-refractivity contribution in [1.29, 1.82) is 0 Å². The number of aromatic nitrogens is 2. The summed E-state index contributed by atoms with van der Waals surface area (Å²) in [6.07, 6.45) is 0.193. The summed E-state index contributed by atoms with van der Waals surface area (Å²) in [5.74, 6) is -2.67. The predicted octanol–water partition coefficient (Wildman–Crippen LogP) is 3.77. The van der Waals surface area contributed by atoms with Crippen molar-refractivity contribution in [3.63, 3.8) is 0 Å². The minimum atomic E-state index is -1.18. The third-order valence-electron chi connectivity index (χ3n) is 5.34. The molecule has 2 aromatic carbocycles. The minimum Gasteiger partial charge on any atom is -0.496 e. The standard InChI is InChI=1S/C26H28FN3O7/c1-15(2)11-17(12-23(31)32)28-26(35)19-13-20(30(29-19)18-9-7-16(27)8-10-18)25-21(36-3)5-4-6-22(25)37-14-24(33)34/h4-10,13,15,17H,11-12,14H2,1-3H3,(H,28,35)(H,31,32)(H,33,34). The Bertz CT molecular complexity index is 1270. The van der Waals surface area contributed by atoms with Crippen molar-refractivity contribution in [2.75, 3.05) is 13.7 Å². The van der Waals surface area contributed by atoms with E-state index in [4.69, 9.17) is 14.6 Å². The molecule has 3 N–H and O–H groups in total. The smallest absolute Gasteiger partial charge is 0.341 e. The average molecular weight is 514 g/mol. The number of hydrogen-bond donors (Lipinski definition) is 3. The molecule has 0 aliphatic heterocycles. The van der Waals surface area contributed by atoms with Crippen LogP contribution in [-0.2, 0) is 9.59 Å². The summed E-state index contributed by atoms with van der Waals surface area (Å²) < 4.78 is 26.0. The van der Waals surface area contributed by atoms with E-state index in [1.54, 1.807) is 18.2 Å². The van der Waals surface area contributed by atoms with Crippen molar-refractivity contribution in [3.05, 3.63) is 60.0 Å². The normalized spacial score (nSPS) is 11.7. The zero-order chi connectivity index (χ0) is 27.1. The maximum absolute atomic E-state index is 13.6. The number of halogens is 1. The van der Waals surface area contributed by atoms with Crippen LogP contribution in [0.15, 0.2) is 48.5 Å². The van der Waals surface area contributed by atoms with Crippen LogP contribution in [0.2, 0.25) is 0 Å². The van der Waals surface area contributed by atoms with E-state index in [1.807, 2.05) is 13.8 Å². The molecule has 0 saturated carbocycles. The Morgan fingerprint density at radius 2 is 1.73 bits per heavy atom. The summed E-state index contributed by atoms with van der Waals surface area (Å²) >= 11 is 0. The van der Waals surface area contributed by atoms with Gasteiger partial charge in [0.2, 0.25) is 0 Å². The lowest BCUT2D eigenvalue weighted by Crippen LogP contribution is -2.37. The molecule has 1 heterocycles. The summed E-state index contributed by atoms with van der Waals surface area (Å²) in [5.41, 5.74) is 1.02. The largest absolute Gasteiger partial charge is 0.496 e. The van der Waals surface area contributed by atoms with E-state index in [0.717, 1.165) is 0 Å². The highest BCUT2D eigenvalue weighted by molar-refractivity contribution is 5.94. The molecule has 1 unspecified atom stereocenters. The summed E-state index contributed by atoms with van der Waals surface area (Å²) in [4.78, 5) is 35.6. The van der Waals surface area contributed by atoms with Gasteiger partial charge in [-0.1, -0.05) is 19.9 Å². The van der Waals surface area contributed by atoms with E-state index < -0.39 is 36.3 Å². The first-order valence-electron chi connectivity index (χ1n) is 11.5. The van der Waals surface area contributed by atoms with Crippen LogP contribution in [0.5, 0.6) is 11.5 Å². The molecule has 0 spiro atoms. The second-order valence-corrected chi connectivity index (χ2v) is 8.72. The van der Waals surface area contributed by atoms with Crippen LogP contribution < -0.4 is 14.8 Å². The number of hydrogen-bond acceptors (Lipinski definition) is 6. The fourth-order valence-corrected chi connectivity index (χ4v) is 3.88. The van der Waals surface area contributed by atoms with Gasteiger partial charge in [-0.05, 0) is 54.8 Å². The second-order valence-electron chi connectivity index (χ2n) is 8.72. The van der Waals surface area contributed by atoms with Crippen molar-refractivity contribution >= 4 is 17.8 Å². The Kier molecular flexibility index (Phi) is 8.83. The van der Waals surface area contributed by atoms with Gasteiger partial charge in [0, 0.05) is 6.04 Å². The molecule has 37 heavy (non-hydrogen) atoms. The molecule has 3 rings (SSSR count). The van der Waals surface area contributed by atoms with Crippen molar-refractivity contribution in [1.82, 2.24) is 15.1 Å². The maximum Gasteiger partial charge on any atom is 0.341 e. The molecule has 0 bridgehead atoms. The van der Waals surface area contributed by atoms with Gasteiger partial charge in [0.1, 0.15) is 17.3 Å². The van der Waals surface area contributed by atoms with E-state index in [2.05, 4.69) is 10.4 Å². The first kappa shape index (κ1) is 27.2. The number of carbonyl (C=O) groups excluding carboxylic acids is 1. The Balaban J connectivity index is 2.13. The molecule has 1 aromatic heterocycles. The van der Waals surface area contributed by atoms with Gasteiger partial charge in [0.05, 0.1) is 30.5 Å². The number of methoxy groups -OCH3 is 1. The minimum absolute atomic E-state index is 0.0337. The van der Waals surface area contributed by atoms with E-state index in [1.165, 1.54) is 42.1 Å². The molecule has 196 valence electrons. The molecule has 1 atom stereocenters. The Labute approximate surface area is 212 Å². The lowest BCUT2D eigenvalue weighted by molar-refractivity contribution is -0.139. The van der Waals surface area contributed by atoms with E-state index >= 15 is 0 Å².